The van der Waals surface area contributed by atoms with Crippen molar-refractivity contribution in [1.82, 2.24) is 4.73 Å². The zero-order valence-corrected chi connectivity index (χ0v) is 14.2. The van der Waals surface area contributed by atoms with Crippen LogP contribution < -0.4 is 15.7 Å². The van der Waals surface area contributed by atoms with E-state index in [1.807, 2.05) is 0 Å². The highest BCUT2D eigenvalue weighted by atomic mass is 35.5. The van der Waals surface area contributed by atoms with Crippen molar-refractivity contribution in [1.29, 1.82) is 0 Å². The number of anilines is 1. The van der Waals surface area contributed by atoms with E-state index in [1.165, 1.54) is 36.5 Å². The summed E-state index contributed by atoms with van der Waals surface area (Å²) in [6.07, 6.45) is 1.40. The number of rotatable bonds is 5. The normalized spacial score (nSPS) is 10.4. The molecule has 3 aromatic rings. The van der Waals surface area contributed by atoms with Gasteiger partial charge in [0.2, 0.25) is 0 Å². The van der Waals surface area contributed by atoms with Gasteiger partial charge in [0.15, 0.2) is 0 Å². The predicted molar refractivity (Wildman–Crippen MR) is 96.8 cm³/mol. The molecule has 0 aliphatic heterocycles. The lowest BCUT2D eigenvalue weighted by Crippen LogP contribution is -2.32. The molecule has 26 heavy (non-hydrogen) atoms. The summed E-state index contributed by atoms with van der Waals surface area (Å²) >= 11 is 5.82. The number of benzene rings is 2. The average Bonchev–Trinajstić information content (AvgIpc) is 2.64. The fourth-order valence-electron chi connectivity index (χ4n) is 2.23. The fraction of sp³-hybridized carbons (Fsp3) is 0.0526. The Labute approximate surface area is 153 Å². The van der Waals surface area contributed by atoms with Crippen molar-refractivity contribution in [2.75, 3.05) is 5.32 Å². The van der Waals surface area contributed by atoms with Crippen LogP contribution in [0.1, 0.15) is 15.9 Å². The quantitative estimate of drug-likeness (QED) is 0.745. The van der Waals surface area contributed by atoms with E-state index < -0.39 is 17.3 Å². The Morgan fingerprint density at radius 3 is 2.54 bits per heavy atom. The topological polar surface area (TPSA) is 60.3 Å². The van der Waals surface area contributed by atoms with Crippen LogP contribution in [0.25, 0.3) is 0 Å². The lowest BCUT2D eigenvalue weighted by molar-refractivity contribution is 0.0863. The van der Waals surface area contributed by atoms with E-state index in [1.54, 1.807) is 30.3 Å². The predicted octanol–water partition coefficient (Wildman–Crippen LogP) is 3.52. The second-order valence-corrected chi connectivity index (χ2v) is 5.82. The summed E-state index contributed by atoms with van der Waals surface area (Å²) < 4.78 is 14.6. The molecule has 0 unspecified atom stereocenters. The molecule has 0 atom stereocenters. The summed E-state index contributed by atoms with van der Waals surface area (Å²) in [5.74, 6) is -1.30. The molecule has 0 spiro atoms. The van der Waals surface area contributed by atoms with Gasteiger partial charge in [0, 0.05) is 11.2 Å². The Balaban J connectivity index is 1.76. The highest BCUT2D eigenvalue weighted by Gasteiger charge is 2.14. The number of nitrogens with zero attached hydrogens (tertiary/aromatic N) is 1. The third-order valence-electron chi connectivity index (χ3n) is 3.57. The minimum atomic E-state index is -0.718. The van der Waals surface area contributed by atoms with Crippen LogP contribution >= 0.6 is 11.6 Å². The number of hydrogen-bond acceptors (Lipinski definition) is 3. The molecule has 132 valence electrons. The highest BCUT2D eigenvalue weighted by molar-refractivity contribution is 6.30. The lowest BCUT2D eigenvalue weighted by Gasteiger charge is -2.10. The first-order chi connectivity index (χ1) is 12.5. The molecule has 1 aromatic heterocycles. The van der Waals surface area contributed by atoms with Crippen LogP contribution in [0.4, 0.5) is 10.1 Å². The van der Waals surface area contributed by atoms with Crippen LogP contribution in [-0.2, 0) is 6.61 Å². The molecule has 1 heterocycles. The zero-order chi connectivity index (χ0) is 18.5. The van der Waals surface area contributed by atoms with Crippen molar-refractivity contribution < 1.29 is 14.0 Å². The van der Waals surface area contributed by atoms with E-state index in [0.29, 0.717) is 5.02 Å². The molecular weight excluding hydrogens is 359 g/mol. The molecule has 0 saturated carbocycles. The Morgan fingerprint density at radius 2 is 1.81 bits per heavy atom. The van der Waals surface area contributed by atoms with E-state index >= 15 is 0 Å². The van der Waals surface area contributed by atoms with Crippen LogP contribution in [0, 0.1) is 5.82 Å². The third kappa shape index (κ3) is 4.10. The van der Waals surface area contributed by atoms with E-state index in [-0.39, 0.29) is 17.9 Å². The minimum absolute atomic E-state index is 0.00520. The second-order valence-electron chi connectivity index (χ2n) is 5.39. The molecule has 0 fully saturated rings. The standard InChI is InChI=1S/C19H14ClFN2O3/c20-14-9-7-13(8-10-14)12-26-23-11-3-4-15(19(23)25)18(24)22-17-6-2-1-5-16(17)21/h1-11H,12H2,(H,22,24). The first-order valence-corrected chi connectivity index (χ1v) is 8.07. The summed E-state index contributed by atoms with van der Waals surface area (Å²) in [5, 5.41) is 2.97. The zero-order valence-electron chi connectivity index (χ0n) is 13.5. The van der Waals surface area contributed by atoms with Gasteiger partial charge in [-0.15, -0.1) is 0 Å². The minimum Gasteiger partial charge on any atom is -0.406 e. The van der Waals surface area contributed by atoms with Crippen LogP contribution in [0.2, 0.25) is 5.02 Å². The summed E-state index contributed by atoms with van der Waals surface area (Å²) in [5.41, 5.74) is -0.000871. The van der Waals surface area contributed by atoms with Gasteiger partial charge in [-0.25, -0.2) is 4.39 Å². The van der Waals surface area contributed by atoms with Crippen LogP contribution in [-0.4, -0.2) is 10.6 Å². The SMILES string of the molecule is O=C(Nc1ccccc1F)c1cccn(OCc2ccc(Cl)cc2)c1=O. The Bertz CT molecular complexity index is 987. The second kappa shape index (κ2) is 7.84. The molecule has 5 nitrogen and oxygen atoms in total. The molecule has 1 N–H and O–H groups in total. The molecule has 0 aliphatic rings. The molecular formula is C19H14ClFN2O3. The summed E-state index contributed by atoms with van der Waals surface area (Å²) in [6, 6.07) is 15.5. The fourth-order valence-corrected chi connectivity index (χ4v) is 2.35. The number of nitrogens with one attached hydrogen (secondary N) is 1. The number of para-hydroxylation sites is 1. The smallest absolute Gasteiger partial charge is 0.295 e. The van der Waals surface area contributed by atoms with Gasteiger partial charge in [-0.2, -0.15) is 4.73 Å². The molecule has 0 bridgehead atoms. The summed E-state index contributed by atoms with van der Waals surface area (Å²) in [6.45, 7) is 0.120. The molecule has 7 heteroatoms. The number of carbonyl (C=O) groups is 1. The third-order valence-corrected chi connectivity index (χ3v) is 3.82. The van der Waals surface area contributed by atoms with E-state index in [2.05, 4.69) is 5.32 Å². The number of aromatic nitrogens is 1. The van der Waals surface area contributed by atoms with Gasteiger partial charge in [0.25, 0.3) is 11.5 Å². The molecule has 1 amide bonds. The summed E-state index contributed by atoms with van der Waals surface area (Å²) in [4.78, 5) is 30.1. The maximum Gasteiger partial charge on any atom is 0.295 e. The molecule has 2 aromatic carbocycles. The molecule has 3 rings (SSSR count). The average molecular weight is 373 g/mol. The van der Waals surface area contributed by atoms with Gasteiger partial charge < -0.3 is 10.2 Å². The van der Waals surface area contributed by atoms with E-state index in [4.69, 9.17) is 16.4 Å². The van der Waals surface area contributed by atoms with Crippen LogP contribution in [0.3, 0.4) is 0 Å². The highest BCUT2D eigenvalue weighted by Crippen LogP contribution is 2.13. The van der Waals surface area contributed by atoms with Gasteiger partial charge in [0.05, 0.1) is 5.69 Å². The first-order valence-electron chi connectivity index (χ1n) is 7.70. The van der Waals surface area contributed by atoms with Crippen molar-refractivity contribution in [2.45, 2.75) is 6.61 Å². The first kappa shape index (κ1) is 17.7. The lowest BCUT2D eigenvalue weighted by atomic mass is 10.2. The largest absolute Gasteiger partial charge is 0.406 e. The van der Waals surface area contributed by atoms with Crippen molar-refractivity contribution in [3.05, 3.63) is 99.2 Å². The summed E-state index contributed by atoms with van der Waals surface area (Å²) in [7, 11) is 0. The molecule has 0 saturated heterocycles. The molecule has 0 radical (unpaired) electrons. The van der Waals surface area contributed by atoms with Crippen molar-refractivity contribution in [3.63, 3.8) is 0 Å². The number of halogens is 2. The van der Waals surface area contributed by atoms with E-state index in [0.717, 1.165) is 10.3 Å². The maximum atomic E-state index is 13.7. The van der Waals surface area contributed by atoms with Gasteiger partial charge in [-0.3, -0.25) is 9.59 Å². The Morgan fingerprint density at radius 1 is 1.08 bits per heavy atom. The number of hydrogen-bond donors (Lipinski definition) is 1. The van der Waals surface area contributed by atoms with Gasteiger partial charge in [-0.1, -0.05) is 35.9 Å². The van der Waals surface area contributed by atoms with Crippen molar-refractivity contribution in [3.8, 4) is 0 Å². The van der Waals surface area contributed by atoms with Gasteiger partial charge in [-0.05, 0) is 42.0 Å². The number of amides is 1. The van der Waals surface area contributed by atoms with E-state index in [9.17, 15) is 14.0 Å². The van der Waals surface area contributed by atoms with Crippen LogP contribution in [0.5, 0.6) is 0 Å². The Hall–Kier alpha value is -3.12. The van der Waals surface area contributed by atoms with Gasteiger partial charge >= 0.3 is 0 Å². The maximum absolute atomic E-state index is 13.7. The monoisotopic (exact) mass is 372 g/mol. The number of pyridine rings is 1. The molecule has 0 aliphatic carbocycles. The van der Waals surface area contributed by atoms with Crippen LogP contribution in [0.15, 0.2) is 71.7 Å². The number of carbonyl (C=O) groups excluding carboxylic acids is 1. The van der Waals surface area contributed by atoms with Gasteiger partial charge in [0.1, 0.15) is 18.0 Å². The Kier molecular flexibility index (Phi) is 5.34. The van der Waals surface area contributed by atoms with Crippen molar-refractivity contribution >= 4 is 23.2 Å². The van der Waals surface area contributed by atoms with Crippen molar-refractivity contribution in [2.24, 2.45) is 0 Å².